The highest BCUT2D eigenvalue weighted by molar-refractivity contribution is 9.10. The maximum atomic E-state index is 4.34. The van der Waals surface area contributed by atoms with Gasteiger partial charge in [0.2, 0.25) is 0 Å². The summed E-state index contributed by atoms with van der Waals surface area (Å²) in [4.78, 5) is 8.43. The summed E-state index contributed by atoms with van der Waals surface area (Å²) < 4.78 is 0.799. The maximum Gasteiger partial charge on any atom is 0.124 e. The SMILES string of the molecule is Brc1cncc(CCc2ccccc2)n1. The zero-order chi connectivity index (χ0) is 10.5. The predicted octanol–water partition coefficient (Wildman–Crippen LogP) is 3.02. The number of benzene rings is 1. The summed E-state index contributed by atoms with van der Waals surface area (Å²) in [5, 5.41) is 0. The molecule has 15 heavy (non-hydrogen) atoms. The molecule has 0 bridgehead atoms. The van der Waals surface area contributed by atoms with Crippen LogP contribution in [0.1, 0.15) is 11.3 Å². The third kappa shape index (κ3) is 3.13. The van der Waals surface area contributed by atoms with Gasteiger partial charge in [0.25, 0.3) is 0 Å². The molecule has 0 spiro atoms. The largest absolute Gasteiger partial charge is 0.260 e. The summed E-state index contributed by atoms with van der Waals surface area (Å²) in [5.74, 6) is 0. The summed E-state index contributed by atoms with van der Waals surface area (Å²) in [6.07, 6.45) is 5.45. The van der Waals surface area contributed by atoms with E-state index >= 15 is 0 Å². The zero-order valence-electron chi connectivity index (χ0n) is 8.23. The van der Waals surface area contributed by atoms with E-state index in [1.54, 1.807) is 6.20 Å². The molecule has 0 fully saturated rings. The Hall–Kier alpha value is -1.22. The van der Waals surface area contributed by atoms with Gasteiger partial charge in [0, 0.05) is 6.20 Å². The molecule has 0 unspecified atom stereocenters. The van der Waals surface area contributed by atoms with Crippen LogP contribution in [0.2, 0.25) is 0 Å². The Labute approximate surface area is 97.5 Å². The van der Waals surface area contributed by atoms with E-state index in [0.717, 1.165) is 23.1 Å². The van der Waals surface area contributed by atoms with Crippen molar-refractivity contribution in [2.75, 3.05) is 0 Å². The molecule has 0 saturated carbocycles. The van der Waals surface area contributed by atoms with Crippen molar-refractivity contribution in [3.05, 3.63) is 58.6 Å². The lowest BCUT2D eigenvalue weighted by Crippen LogP contribution is -1.95. The molecule has 0 aliphatic carbocycles. The number of halogens is 1. The van der Waals surface area contributed by atoms with E-state index in [4.69, 9.17) is 0 Å². The molecule has 1 aromatic carbocycles. The predicted molar refractivity (Wildman–Crippen MR) is 63.6 cm³/mol. The molecule has 0 aliphatic heterocycles. The quantitative estimate of drug-likeness (QED) is 0.850. The third-order valence-corrected chi connectivity index (χ3v) is 2.55. The highest BCUT2D eigenvalue weighted by Crippen LogP contribution is 2.07. The van der Waals surface area contributed by atoms with Gasteiger partial charge in [0.1, 0.15) is 4.60 Å². The van der Waals surface area contributed by atoms with Gasteiger partial charge in [-0.05, 0) is 34.3 Å². The van der Waals surface area contributed by atoms with Gasteiger partial charge in [-0.1, -0.05) is 30.3 Å². The van der Waals surface area contributed by atoms with Crippen molar-refractivity contribution < 1.29 is 0 Å². The van der Waals surface area contributed by atoms with Crippen molar-refractivity contribution in [2.24, 2.45) is 0 Å². The van der Waals surface area contributed by atoms with Gasteiger partial charge in [0.15, 0.2) is 0 Å². The van der Waals surface area contributed by atoms with Gasteiger partial charge in [-0.3, -0.25) is 4.98 Å². The molecular weight excluding hydrogens is 252 g/mol. The number of rotatable bonds is 3. The van der Waals surface area contributed by atoms with Crippen LogP contribution < -0.4 is 0 Å². The number of aryl methyl sites for hydroxylation is 2. The smallest absolute Gasteiger partial charge is 0.124 e. The molecule has 2 aromatic rings. The minimum absolute atomic E-state index is 0.799. The van der Waals surface area contributed by atoms with Crippen LogP contribution in [0.4, 0.5) is 0 Å². The van der Waals surface area contributed by atoms with Crippen molar-refractivity contribution in [3.8, 4) is 0 Å². The first-order chi connectivity index (χ1) is 7.34. The molecule has 0 amide bonds. The lowest BCUT2D eigenvalue weighted by molar-refractivity contribution is 0.891. The molecule has 2 nitrogen and oxygen atoms in total. The van der Waals surface area contributed by atoms with Crippen molar-refractivity contribution in [2.45, 2.75) is 12.8 Å². The molecule has 1 aromatic heterocycles. The maximum absolute atomic E-state index is 4.34. The summed E-state index contributed by atoms with van der Waals surface area (Å²) in [6.45, 7) is 0. The minimum Gasteiger partial charge on any atom is -0.260 e. The molecule has 2 rings (SSSR count). The van der Waals surface area contributed by atoms with Gasteiger partial charge < -0.3 is 0 Å². The van der Waals surface area contributed by atoms with Crippen LogP contribution in [0.25, 0.3) is 0 Å². The number of aromatic nitrogens is 2. The van der Waals surface area contributed by atoms with E-state index in [1.807, 2.05) is 12.3 Å². The third-order valence-electron chi connectivity index (χ3n) is 2.17. The van der Waals surface area contributed by atoms with Crippen LogP contribution in [-0.4, -0.2) is 9.97 Å². The van der Waals surface area contributed by atoms with E-state index in [9.17, 15) is 0 Å². The monoisotopic (exact) mass is 262 g/mol. The van der Waals surface area contributed by atoms with Gasteiger partial charge in [0.05, 0.1) is 11.9 Å². The first-order valence-corrected chi connectivity index (χ1v) is 5.64. The topological polar surface area (TPSA) is 25.8 Å². The Morgan fingerprint density at radius 2 is 1.80 bits per heavy atom. The van der Waals surface area contributed by atoms with Crippen molar-refractivity contribution >= 4 is 15.9 Å². The molecule has 0 N–H and O–H groups in total. The fraction of sp³-hybridized carbons (Fsp3) is 0.167. The standard InChI is InChI=1S/C12H11BrN2/c13-12-9-14-8-11(15-12)7-6-10-4-2-1-3-5-10/h1-5,8-9H,6-7H2. The second kappa shape index (κ2) is 5.03. The lowest BCUT2D eigenvalue weighted by atomic mass is 10.1. The summed E-state index contributed by atoms with van der Waals surface area (Å²) in [5.41, 5.74) is 2.35. The van der Waals surface area contributed by atoms with Crippen molar-refractivity contribution in [3.63, 3.8) is 0 Å². The summed E-state index contributed by atoms with van der Waals surface area (Å²) in [7, 11) is 0. The summed E-state index contributed by atoms with van der Waals surface area (Å²) in [6, 6.07) is 10.4. The van der Waals surface area contributed by atoms with Crippen LogP contribution in [0.3, 0.4) is 0 Å². The second-order valence-electron chi connectivity index (χ2n) is 3.32. The fourth-order valence-electron chi connectivity index (χ4n) is 1.42. The van der Waals surface area contributed by atoms with Crippen LogP contribution in [0.5, 0.6) is 0 Å². The Kier molecular flexibility index (Phi) is 3.45. The highest BCUT2D eigenvalue weighted by Gasteiger charge is 1.97. The molecule has 0 atom stereocenters. The van der Waals surface area contributed by atoms with Crippen LogP contribution in [0, 0.1) is 0 Å². The van der Waals surface area contributed by atoms with Crippen molar-refractivity contribution in [1.82, 2.24) is 9.97 Å². The lowest BCUT2D eigenvalue weighted by Gasteiger charge is -2.00. The van der Waals surface area contributed by atoms with Gasteiger partial charge in [-0.25, -0.2) is 4.98 Å². The average Bonchev–Trinajstić information content (AvgIpc) is 2.28. The molecule has 1 heterocycles. The van der Waals surface area contributed by atoms with E-state index in [2.05, 4.69) is 50.2 Å². The fourth-order valence-corrected chi connectivity index (χ4v) is 1.76. The van der Waals surface area contributed by atoms with Gasteiger partial charge in [-0.2, -0.15) is 0 Å². The molecule has 0 saturated heterocycles. The average molecular weight is 263 g/mol. The Bertz CT molecular complexity index is 429. The molecular formula is C12H11BrN2. The number of nitrogens with zero attached hydrogens (tertiary/aromatic N) is 2. The first-order valence-electron chi connectivity index (χ1n) is 4.85. The van der Waals surface area contributed by atoms with Crippen LogP contribution >= 0.6 is 15.9 Å². The number of hydrogen-bond acceptors (Lipinski definition) is 2. The molecule has 76 valence electrons. The summed E-state index contributed by atoms with van der Waals surface area (Å²) >= 11 is 3.31. The van der Waals surface area contributed by atoms with Crippen molar-refractivity contribution in [1.29, 1.82) is 0 Å². The molecule has 3 heteroatoms. The minimum atomic E-state index is 0.799. The highest BCUT2D eigenvalue weighted by atomic mass is 79.9. The van der Waals surface area contributed by atoms with E-state index in [0.29, 0.717) is 0 Å². The normalized spacial score (nSPS) is 10.2. The Balaban J connectivity index is 1.99. The second-order valence-corrected chi connectivity index (χ2v) is 4.13. The molecule has 0 aliphatic rings. The van der Waals surface area contributed by atoms with E-state index < -0.39 is 0 Å². The Morgan fingerprint density at radius 3 is 2.53 bits per heavy atom. The van der Waals surface area contributed by atoms with Crippen LogP contribution in [-0.2, 0) is 12.8 Å². The van der Waals surface area contributed by atoms with E-state index in [-0.39, 0.29) is 0 Å². The number of hydrogen-bond donors (Lipinski definition) is 0. The van der Waals surface area contributed by atoms with Gasteiger partial charge in [-0.15, -0.1) is 0 Å². The van der Waals surface area contributed by atoms with Crippen LogP contribution in [0.15, 0.2) is 47.3 Å². The zero-order valence-corrected chi connectivity index (χ0v) is 9.81. The van der Waals surface area contributed by atoms with Gasteiger partial charge >= 0.3 is 0 Å². The van der Waals surface area contributed by atoms with E-state index in [1.165, 1.54) is 5.56 Å². The Morgan fingerprint density at radius 1 is 1.00 bits per heavy atom. The molecule has 0 radical (unpaired) electrons. The first kappa shape index (κ1) is 10.3.